The Kier molecular flexibility index (Phi) is 4.54. The maximum absolute atomic E-state index is 15.0. The summed E-state index contributed by atoms with van der Waals surface area (Å²) < 4.78 is 15.0. The highest BCUT2D eigenvalue weighted by Crippen LogP contribution is 2.33. The van der Waals surface area contributed by atoms with Gasteiger partial charge in [-0.05, 0) is 42.0 Å². The molecule has 5 aromatic heterocycles. The molecule has 0 saturated heterocycles. The van der Waals surface area contributed by atoms with Crippen LogP contribution in [0.15, 0.2) is 67.3 Å². The smallest absolute Gasteiger partial charge is 0.157 e. The van der Waals surface area contributed by atoms with Gasteiger partial charge in [-0.25, -0.2) is 9.37 Å². The number of nitrogens with zero attached hydrogens (tertiary/aromatic N) is 6. The van der Waals surface area contributed by atoms with Gasteiger partial charge in [-0.2, -0.15) is 5.10 Å². The molecule has 0 aliphatic rings. The molecule has 9 heteroatoms. The molecule has 0 bridgehead atoms. The van der Waals surface area contributed by atoms with Crippen molar-refractivity contribution in [3.8, 4) is 34.0 Å². The van der Waals surface area contributed by atoms with Crippen molar-refractivity contribution in [3.63, 3.8) is 0 Å². The number of halogens is 1. The summed E-state index contributed by atoms with van der Waals surface area (Å²) in [6.07, 6.45) is 6.92. The second-order valence-corrected chi connectivity index (χ2v) is 8.14. The fourth-order valence-corrected chi connectivity index (χ4v) is 4.00. The van der Waals surface area contributed by atoms with Crippen molar-refractivity contribution >= 4 is 27.6 Å². The van der Waals surface area contributed by atoms with Gasteiger partial charge in [0.25, 0.3) is 0 Å². The van der Waals surface area contributed by atoms with Crippen LogP contribution in [0.4, 0.5) is 10.1 Å². The predicted molar refractivity (Wildman–Crippen MR) is 130 cm³/mol. The van der Waals surface area contributed by atoms with Crippen LogP contribution in [0.3, 0.4) is 0 Å². The Labute approximate surface area is 193 Å². The summed E-state index contributed by atoms with van der Waals surface area (Å²) in [6.45, 7) is 0. The first kappa shape index (κ1) is 20.0. The number of imidazole rings is 1. The van der Waals surface area contributed by atoms with Gasteiger partial charge in [0, 0.05) is 43.6 Å². The highest BCUT2D eigenvalue weighted by atomic mass is 19.1. The van der Waals surface area contributed by atoms with E-state index in [0.717, 1.165) is 22.5 Å². The fraction of sp³-hybridized carbons (Fsp3) is 0.0800. The molecule has 0 unspecified atom stereocenters. The van der Waals surface area contributed by atoms with Gasteiger partial charge in [-0.3, -0.25) is 20.1 Å². The molecular weight excluding hydrogens is 431 g/mol. The number of nitrogens with one attached hydrogen (secondary N) is 2. The average molecular weight is 450 g/mol. The summed E-state index contributed by atoms with van der Waals surface area (Å²) in [5.74, 6) is 0.122. The molecule has 0 fully saturated rings. The Balaban J connectivity index is 1.51. The van der Waals surface area contributed by atoms with E-state index in [4.69, 9.17) is 4.98 Å². The lowest BCUT2D eigenvalue weighted by Crippen LogP contribution is -2.08. The van der Waals surface area contributed by atoms with Gasteiger partial charge in [0.05, 0.1) is 23.1 Å². The minimum absolute atomic E-state index is 0.249. The lowest BCUT2D eigenvalue weighted by atomic mass is 10.0. The predicted octanol–water partition coefficient (Wildman–Crippen LogP) is 4.83. The molecular formula is C25H19FN8. The van der Waals surface area contributed by atoms with Crippen molar-refractivity contribution in [1.82, 2.24) is 35.1 Å². The van der Waals surface area contributed by atoms with Crippen LogP contribution in [-0.4, -0.2) is 49.2 Å². The minimum atomic E-state index is -0.419. The maximum Gasteiger partial charge on any atom is 0.157 e. The number of hydrogen-bond donors (Lipinski definition) is 2. The number of H-pyrrole nitrogens is 2. The lowest BCUT2D eigenvalue weighted by molar-refractivity contribution is 0.636. The monoisotopic (exact) mass is 450 g/mol. The van der Waals surface area contributed by atoms with Crippen LogP contribution in [0.1, 0.15) is 0 Å². The zero-order valence-corrected chi connectivity index (χ0v) is 18.4. The highest BCUT2D eigenvalue weighted by molar-refractivity contribution is 5.97. The van der Waals surface area contributed by atoms with Gasteiger partial charge in [0.15, 0.2) is 11.6 Å². The number of benzene rings is 1. The third-order valence-corrected chi connectivity index (χ3v) is 5.73. The van der Waals surface area contributed by atoms with E-state index in [1.165, 1.54) is 6.07 Å². The SMILES string of the molecule is CN(C)c1cncc(-c2cc(F)c3n[nH]c(-c4nc5c(-c6ccccn6)nccc5[nH]4)c3c2)c1. The van der Waals surface area contributed by atoms with Gasteiger partial charge < -0.3 is 9.88 Å². The van der Waals surface area contributed by atoms with Gasteiger partial charge in [0.1, 0.15) is 22.4 Å². The Morgan fingerprint density at radius 3 is 2.65 bits per heavy atom. The largest absolute Gasteiger partial charge is 0.376 e. The lowest BCUT2D eigenvalue weighted by Gasteiger charge is -2.13. The van der Waals surface area contributed by atoms with Crippen molar-refractivity contribution in [1.29, 1.82) is 0 Å². The number of aromatic amines is 2. The first-order chi connectivity index (χ1) is 16.6. The summed E-state index contributed by atoms with van der Waals surface area (Å²) in [6, 6.07) is 12.8. The molecule has 8 nitrogen and oxygen atoms in total. The summed E-state index contributed by atoms with van der Waals surface area (Å²) in [4.78, 5) is 23.2. The van der Waals surface area contributed by atoms with Gasteiger partial charge in [-0.15, -0.1) is 0 Å². The summed E-state index contributed by atoms with van der Waals surface area (Å²) >= 11 is 0. The molecule has 2 N–H and O–H groups in total. The topological polar surface area (TPSA) is 99.3 Å². The van der Waals surface area contributed by atoms with Crippen molar-refractivity contribution < 1.29 is 4.39 Å². The molecule has 166 valence electrons. The zero-order chi connectivity index (χ0) is 23.2. The molecule has 6 rings (SSSR count). The second kappa shape index (κ2) is 7.73. The van der Waals surface area contributed by atoms with Crippen molar-refractivity contribution in [2.75, 3.05) is 19.0 Å². The third-order valence-electron chi connectivity index (χ3n) is 5.73. The number of rotatable bonds is 4. The molecule has 6 aromatic rings. The first-order valence-electron chi connectivity index (χ1n) is 10.7. The van der Waals surface area contributed by atoms with E-state index >= 15 is 4.39 Å². The molecule has 0 amide bonds. The number of fused-ring (bicyclic) bond motifs is 2. The maximum atomic E-state index is 15.0. The number of hydrogen-bond acceptors (Lipinski definition) is 6. The van der Waals surface area contributed by atoms with Crippen LogP contribution in [-0.2, 0) is 0 Å². The van der Waals surface area contributed by atoms with E-state index in [1.54, 1.807) is 24.8 Å². The van der Waals surface area contributed by atoms with Gasteiger partial charge in [-0.1, -0.05) is 6.07 Å². The van der Waals surface area contributed by atoms with E-state index in [1.807, 2.05) is 55.4 Å². The molecule has 34 heavy (non-hydrogen) atoms. The summed E-state index contributed by atoms with van der Waals surface area (Å²) in [5, 5.41) is 7.79. The van der Waals surface area contributed by atoms with E-state index < -0.39 is 5.82 Å². The van der Waals surface area contributed by atoms with E-state index in [9.17, 15) is 0 Å². The van der Waals surface area contributed by atoms with Gasteiger partial charge >= 0.3 is 0 Å². The highest BCUT2D eigenvalue weighted by Gasteiger charge is 2.18. The first-order valence-corrected chi connectivity index (χ1v) is 10.7. The van der Waals surface area contributed by atoms with Crippen molar-refractivity contribution in [3.05, 3.63) is 73.1 Å². The Bertz CT molecular complexity index is 1650. The molecule has 0 aliphatic carbocycles. The Hall–Kier alpha value is -4.66. The minimum Gasteiger partial charge on any atom is -0.376 e. The Morgan fingerprint density at radius 1 is 0.912 bits per heavy atom. The molecule has 0 spiro atoms. The van der Waals surface area contributed by atoms with Crippen LogP contribution < -0.4 is 4.90 Å². The third kappa shape index (κ3) is 3.25. The second-order valence-electron chi connectivity index (χ2n) is 8.14. The standard InChI is InChI=1S/C25H19FN8/c1-34(2)16-9-15(12-27-13-16)14-10-17-21(18(26)11-14)32-33-22(17)25-30-20-6-8-29-23(24(20)31-25)19-5-3-4-7-28-19/h3-13H,1-2H3,(H,30,31)(H,32,33). The van der Waals surface area contributed by atoms with Crippen LogP contribution >= 0.6 is 0 Å². The quantitative estimate of drug-likeness (QED) is 0.399. The summed E-state index contributed by atoms with van der Waals surface area (Å²) in [7, 11) is 3.88. The molecule has 0 saturated carbocycles. The van der Waals surface area contributed by atoms with Crippen LogP contribution in [0.25, 0.3) is 56.0 Å². The fourth-order valence-electron chi connectivity index (χ4n) is 4.00. The molecule has 0 atom stereocenters. The van der Waals surface area contributed by atoms with E-state index in [-0.39, 0.29) is 5.52 Å². The van der Waals surface area contributed by atoms with Crippen molar-refractivity contribution in [2.24, 2.45) is 0 Å². The average Bonchev–Trinajstić information content (AvgIpc) is 3.49. The molecule has 1 aromatic carbocycles. The summed E-state index contributed by atoms with van der Waals surface area (Å²) in [5.41, 5.74) is 6.16. The molecule has 5 heterocycles. The zero-order valence-electron chi connectivity index (χ0n) is 18.4. The Morgan fingerprint density at radius 2 is 1.82 bits per heavy atom. The molecule has 0 aliphatic heterocycles. The van der Waals surface area contributed by atoms with Gasteiger partial charge in [0.2, 0.25) is 0 Å². The van der Waals surface area contributed by atoms with E-state index in [2.05, 4.69) is 30.1 Å². The van der Waals surface area contributed by atoms with Crippen molar-refractivity contribution in [2.45, 2.75) is 0 Å². The normalized spacial score (nSPS) is 11.4. The number of anilines is 1. The number of aromatic nitrogens is 7. The molecule has 0 radical (unpaired) electrons. The van der Waals surface area contributed by atoms with Crippen LogP contribution in [0.2, 0.25) is 0 Å². The van der Waals surface area contributed by atoms with E-state index in [0.29, 0.717) is 33.7 Å². The number of pyridine rings is 3. The van der Waals surface area contributed by atoms with Crippen LogP contribution in [0, 0.1) is 5.82 Å². The van der Waals surface area contributed by atoms with Crippen LogP contribution in [0.5, 0.6) is 0 Å².